The molecule has 1 saturated heterocycles. The summed E-state index contributed by atoms with van der Waals surface area (Å²) >= 11 is 6.84. The van der Waals surface area contributed by atoms with Crippen molar-refractivity contribution in [2.45, 2.75) is 17.2 Å². The summed E-state index contributed by atoms with van der Waals surface area (Å²) in [7, 11) is -0.647. The van der Waals surface area contributed by atoms with Crippen molar-refractivity contribution in [3.8, 4) is 5.75 Å². The van der Waals surface area contributed by atoms with Gasteiger partial charge in [0.05, 0.1) is 18.0 Å². The SMILES string of the molecule is COc1ccc(CN2CCCN(C(=O)CN(C)S(=O)(=O)c3ccc(Cl)s3)CC2)cc1. The summed E-state index contributed by atoms with van der Waals surface area (Å²) < 4.78 is 32.1. The number of amides is 1. The van der Waals surface area contributed by atoms with Crippen molar-refractivity contribution >= 4 is 38.9 Å². The molecule has 1 aliphatic heterocycles. The Morgan fingerprint density at radius 1 is 1.13 bits per heavy atom. The fraction of sp³-hybridized carbons (Fsp3) is 0.450. The smallest absolute Gasteiger partial charge is 0.252 e. The molecule has 10 heteroatoms. The van der Waals surface area contributed by atoms with E-state index in [9.17, 15) is 13.2 Å². The van der Waals surface area contributed by atoms with Gasteiger partial charge >= 0.3 is 0 Å². The van der Waals surface area contributed by atoms with Crippen LogP contribution in [0.3, 0.4) is 0 Å². The van der Waals surface area contributed by atoms with Gasteiger partial charge in [-0.1, -0.05) is 23.7 Å². The lowest BCUT2D eigenvalue weighted by Gasteiger charge is -2.24. The average molecular weight is 472 g/mol. The molecule has 0 atom stereocenters. The van der Waals surface area contributed by atoms with Crippen molar-refractivity contribution in [3.63, 3.8) is 0 Å². The molecule has 0 spiro atoms. The Morgan fingerprint density at radius 3 is 2.50 bits per heavy atom. The zero-order valence-electron chi connectivity index (χ0n) is 17.1. The number of sulfonamides is 1. The normalized spacial score (nSPS) is 15.9. The third kappa shape index (κ3) is 5.73. The van der Waals surface area contributed by atoms with Gasteiger partial charge in [-0.15, -0.1) is 11.3 Å². The van der Waals surface area contributed by atoms with Crippen LogP contribution in [0.15, 0.2) is 40.6 Å². The van der Waals surface area contributed by atoms with Gasteiger partial charge in [0.25, 0.3) is 10.0 Å². The lowest BCUT2D eigenvalue weighted by Crippen LogP contribution is -2.42. The lowest BCUT2D eigenvalue weighted by molar-refractivity contribution is -0.131. The zero-order valence-corrected chi connectivity index (χ0v) is 19.5. The predicted octanol–water partition coefficient (Wildman–Crippen LogP) is 2.77. The molecule has 0 unspecified atom stereocenters. The van der Waals surface area contributed by atoms with Crippen molar-refractivity contribution < 1.29 is 17.9 Å². The molecule has 0 N–H and O–H groups in total. The first kappa shape index (κ1) is 23.0. The van der Waals surface area contributed by atoms with Crippen LogP contribution in [0.1, 0.15) is 12.0 Å². The second-order valence-corrected chi connectivity index (χ2v) is 11.2. The highest BCUT2D eigenvalue weighted by molar-refractivity contribution is 7.91. The number of ether oxygens (including phenoxy) is 1. The van der Waals surface area contributed by atoms with Crippen LogP contribution in [-0.2, 0) is 21.4 Å². The van der Waals surface area contributed by atoms with E-state index >= 15 is 0 Å². The molecule has 1 amide bonds. The molecule has 1 aromatic carbocycles. The number of nitrogens with zero attached hydrogens (tertiary/aromatic N) is 3. The molecule has 2 heterocycles. The van der Waals surface area contributed by atoms with Gasteiger partial charge < -0.3 is 9.64 Å². The Morgan fingerprint density at radius 2 is 1.87 bits per heavy atom. The summed E-state index contributed by atoms with van der Waals surface area (Å²) in [6.07, 6.45) is 0.846. The highest BCUT2D eigenvalue weighted by Gasteiger charge is 2.27. The Labute approximate surface area is 186 Å². The van der Waals surface area contributed by atoms with Gasteiger partial charge in [0.2, 0.25) is 5.91 Å². The Balaban J connectivity index is 1.54. The summed E-state index contributed by atoms with van der Waals surface area (Å²) in [4.78, 5) is 16.8. The van der Waals surface area contributed by atoms with Crippen LogP contribution < -0.4 is 4.74 Å². The summed E-state index contributed by atoms with van der Waals surface area (Å²) in [6, 6.07) is 11.0. The molecule has 0 saturated carbocycles. The minimum atomic E-state index is -3.72. The van der Waals surface area contributed by atoms with E-state index in [4.69, 9.17) is 16.3 Å². The first-order valence-corrected chi connectivity index (χ1v) is 12.3. The zero-order chi connectivity index (χ0) is 21.7. The van der Waals surface area contributed by atoms with Crippen LogP contribution in [0.25, 0.3) is 0 Å². The number of methoxy groups -OCH3 is 1. The highest BCUT2D eigenvalue weighted by atomic mass is 35.5. The molecule has 0 radical (unpaired) electrons. The molecule has 3 rings (SSSR count). The van der Waals surface area contributed by atoms with Gasteiger partial charge in [0, 0.05) is 39.8 Å². The van der Waals surface area contributed by atoms with Crippen LogP contribution >= 0.6 is 22.9 Å². The summed E-state index contributed by atoms with van der Waals surface area (Å²) in [6.45, 7) is 3.45. The number of carbonyl (C=O) groups is 1. The topological polar surface area (TPSA) is 70.2 Å². The predicted molar refractivity (Wildman–Crippen MR) is 119 cm³/mol. The van der Waals surface area contributed by atoms with E-state index in [1.807, 2.05) is 24.3 Å². The fourth-order valence-corrected chi connectivity index (χ4v) is 6.15. The van der Waals surface area contributed by atoms with Gasteiger partial charge in [-0.3, -0.25) is 9.69 Å². The molecule has 1 aliphatic rings. The average Bonchev–Trinajstić information content (AvgIpc) is 3.04. The third-order valence-corrected chi connectivity index (χ3v) is 8.58. The highest BCUT2D eigenvalue weighted by Crippen LogP contribution is 2.27. The second-order valence-electron chi connectivity index (χ2n) is 7.18. The summed E-state index contributed by atoms with van der Waals surface area (Å²) in [5.74, 6) is 0.644. The third-order valence-electron chi connectivity index (χ3n) is 5.08. The number of carbonyl (C=O) groups excluding carboxylic acids is 1. The molecule has 30 heavy (non-hydrogen) atoms. The molecular weight excluding hydrogens is 446 g/mol. The maximum atomic E-state index is 12.7. The summed E-state index contributed by atoms with van der Waals surface area (Å²) in [5, 5.41) is 0. The first-order valence-electron chi connectivity index (χ1n) is 9.64. The number of benzene rings is 1. The molecule has 0 bridgehead atoms. The van der Waals surface area contributed by atoms with Crippen LogP contribution in [-0.4, -0.2) is 75.3 Å². The molecule has 1 aromatic heterocycles. The van der Waals surface area contributed by atoms with Gasteiger partial charge in [-0.25, -0.2) is 8.42 Å². The maximum Gasteiger partial charge on any atom is 0.252 e. The molecular formula is C20H26ClN3O4S2. The number of halogens is 1. The maximum absolute atomic E-state index is 12.7. The largest absolute Gasteiger partial charge is 0.497 e. The van der Waals surface area contributed by atoms with Crippen molar-refractivity contribution in [1.29, 1.82) is 0 Å². The number of rotatable bonds is 7. The van der Waals surface area contributed by atoms with Crippen molar-refractivity contribution in [2.75, 3.05) is 46.9 Å². The van der Waals surface area contributed by atoms with Gasteiger partial charge in [0.15, 0.2) is 0 Å². The Kier molecular flexibility index (Phi) is 7.75. The van der Waals surface area contributed by atoms with E-state index < -0.39 is 10.0 Å². The van der Waals surface area contributed by atoms with E-state index in [1.165, 1.54) is 18.7 Å². The van der Waals surface area contributed by atoms with E-state index in [2.05, 4.69) is 4.90 Å². The fourth-order valence-electron chi connectivity index (χ4n) is 3.33. The van der Waals surface area contributed by atoms with Crippen molar-refractivity contribution in [1.82, 2.24) is 14.1 Å². The molecule has 7 nitrogen and oxygen atoms in total. The minimum Gasteiger partial charge on any atom is -0.497 e. The van der Waals surface area contributed by atoms with E-state index in [0.717, 1.165) is 47.4 Å². The van der Waals surface area contributed by atoms with E-state index in [1.54, 1.807) is 18.1 Å². The molecule has 0 aliphatic carbocycles. The van der Waals surface area contributed by atoms with Crippen molar-refractivity contribution in [2.24, 2.45) is 0 Å². The van der Waals surface area contributed by atoms with Crippen LogP contribution in [0, 0.1) is 0 Å². The number of hydrogen-bond acceptors (Lipinski definition) is 6. The molecule has 1 fully saturated rings. The molecule has 164 valence electrons. The van der Waals surface area contributed by atoms with Crippen LogP contribution in [0.5, 0.6) is 5.75 Å². The number of likely N-dealkylation sites (N-methyl/N-ethyl adjacent to an activating group) is 1. The van der Waals surface area contributed by atoms with Gasteiger partial charge in [-0.05, 0) is 36.2 Å². The second kappa shape index (κ2) is 10.1. The monoisotopic (exact) mass is 471 g/mol. The van der Waals surface area contributed by atoms with Gasteiger partial charge in [-0.2, -0.15) is 4.31 Å². The summed E-state index contributed by atoms with van der Waals surface area (Å²) in [5.41, 5.74) is 1.19. The van der Waals surface area contributed by atoms with Crippen LogP contribution in [0.4, 0.5) is 0 Å². The number of hydrogen-bond donors (Lipinski definition) is 0. The molecule has 2 aromatic rings. The lowest BCUT2D eigenvalue weighted by atomic mass is 10.2. The van der Waals surface area contributed by atoms with E-state index in [0.29, 0.717) is 17.4 Å². The standard InChI is InChI=1S/C20H26ClN3O4S2/c1-22(30(26,27)20-9-8-18(21)29-20)15-19(25)24-11-3-10-23(12-13-24)14-16-4-6-17(28-2)7-5-16/h4-9H,3,10-15H2,1-2H3. The van der Waals surface area contributed by atoms with Crippen molar-refractivity contribution in [3.05, 3.63) is 46.3 Å². The quantitative estimate of drug-likeness (QED) is 0.621. The Bertz CT molecular complexity index is 963. The number of thiophene rings is 1. The first-order chi connectivity index (χ1) is 14.3. The Hall–Kier alpha value is -1.65. The van der Waals surface area contributed by atoms with Crippen LogP contribution in [0.2, 0.25) is 4.34 Å². The minimum absolute atomic E-state index is 0.143. The van der Waals surface area contributed by atoms with Gasteiger partial charge in [0.1, 0.15) is 9.96 Å². The van der Waals surface area contributed by atoms with E-state index in [-0.39, 0.29) is 16.7 Å².